The van der Waals surface area contributed by atoms with Crippen molar-refractivity contribution in [3.63, 3.8) is 0 Å². The van der Waals surface area contributed by atoms with Crippen LogP contribution in [0, 0.1) is 0 Å². The maximum absolute atomic E-state index is 9.22. The van der Waals surface area contributed by atoms with Crippen LogP contribution in [0.2, 0.25) is 0 Å². The van der Waals surface area contributed by atoms with Crippen molar-refractivity contribution >= 4 is 63.6 Å². The number of hydrogen-bond acceptors (Lipinski definition) is 12. The van der Waals surface area contributed by atoms with E-state index < -0.39 is 46.3 Å². The summed E-state index contributed by atoms with van der Waals surface area (Å²) in [4.78, 5) is 27.2. The number of carboxylic acid groups (broad SMARTS) is 3. The maximum Gasteiger partial charge on any atom is 3.00 e. The van der Waals surface area contributed by atoms with E-state index in [9.17, 15) is 25.3 Å². The molecule has 22 heavy (non-hydrogen) atoms. The van der Waals surface area contributed by atoms with Crippen LogP contribution in [0.15, 0.2) is 0 Å². The monoisotopic (exact) mass is 402 g/mol. The summed E-state index contributed by atoms with van der Waals surface area (Å²) in [6.07, 6.45) is 0. The van der Waals surface area contributed by atoms with Gasteiger partial charge in [0.05, 0.1) is 0 Å². The summed E-state index contributed by atoms with van der Waals surface area (Å²) < 4.78 is 77.6. The molecule has 0 aliphatic rings. The second kappa shape index (κ2) is 10.4. The fraction of sp³-hybridized carbons (Fsp3) is 0. The normalized spacial score (nSPS) is 10.5. The van der Waals surface area contributed by atoms with E-state index in [2.05, 4.69) is 0 Å². The number of rotatable bonds is 0. The van der Waals surface area contributed by atoms with E-state index >= 15 is 0 Å². The van der Waals surface area contributed by atoms with Gasteiger partial charge in [0.1, 0.15) is 0 Å². The molecule has 0 spiro atoms. The minimum atomic E-state index is -4.94. The van der Waals surface area contributed by atoms with Crippen LogP contribution in [0.1, 0.15) is 0 Å². The molecule has 0 aliphatic carbocycles. The standard InChI is InChI=1S/3CH2O5S.Al/c3*2-1(3)7(4,5)6;/h3*(H,2,3)(H,4,5,6);/q;;;+3/p-3. The van der Waals surface area contributed by atoms with Gasteiger partial charge in [-0.2, -0.15) is 25.3 Å². The molecule has 0 aromatic carbocycles. The maximum atomic E-state index is 9.22. The SMILES string of the molecule is O=C([O-])S(=O)(=O)O.O=C([O-])S(=O)(=O)O.O=C([O-])S(=O)(=O)O.[Al+3]. The molecular formula is C3H3AlO15S3. The fourth-order valence-corrected chi connectivity index (χ4v) is 0. The second-order valence-electron chi connectivity index (χ2n) is 2.18. The third kappa shape index (κ3) is 21.0. The predicted octanol–water partition coefficient (Wildman–Crippen LogP) is -5.73. The Hall–Kier alpha value is -1.33. The van der Waals surface area contributed by atoms with Crippen LogP contribution < -0.4 is 15.3 Å². The van der Waals surface area contributed by atoms with Crippen molar-refractivity contribution in [2.24, 2.45) is 0 Å². The van der Waals surface area contributed by atoms with Crippen molar-refractivity contribution in [3.05, 3.63) is 0 Å². The second-order valence-corrected chi connectivity index (χ2v) is 6.03. The average molecular weight is 402 g/mol. The van der Waals surface area contributed by atoms with Crippen molar-refractivity contribution in [1.29, 1.82) is 0 Å². The van der Waals surface area contributed by atoms with Crippen LogP contribution in [0.25, 0.3) is 0 Å². The zero-order valence-corrected chi connectivity index (χ0v) is 13.1. The molecule has 0 aromatic rings. The Morgan fingerprint density at radius 3 is 0.591 bits per heavy atom. The quantitative estimate of drug-likeness (QED) is 0.251. The first-order valence-electron chi connectivity index (χ1n) is 3.38. The van der Waals surface area contributed by atoms with Gasteiger partial charge in [0.15, 0.2) is 15.9 Å². The fourth-order valence-electron chi connectivity index (χ4n) is 0. The van der Waals surface area contributed by atoms with Crippen molar-refractivity contribution in [2.75, 3.05) is 0 Å². The summed E-state index contributed by atoms with van der Waals surface area (Å²) in [7, 11) is -14.8. The zero-order valence-electron chi connectivity index (χ0n) is 9.54. The van der Waals surface area contributed by atoms with Gasteiger partial charge >= 0.3 is 47.7 Å². The van der Waals surface area contributed by atoms with E-state index in [1.807, 2.05) is 0 Å². The summed E-state index contributed by atoms with van der Waals surface area (Å²) in [6, 6.07) is 0. The van der Waals surface area contributed by atoms with Gasteiger partial charge in [-0.25, -0.2) is 0 Å². The molecule has 0 atom stereocenters. The molecule has 15 nitrogen and oxygen atoms in total. The summed E-state index contributed by atoms with van der Waals surface area (Å²) in [5.74, 6) is 0. The molecule has 0 heterocycles. The Balaban J connectivity index is -0.000000108. The van der Waals surface area contributed by atoms with Crippen LogP contribution in [-0.2, 0) is 30.4 Å². The van der Waals surface area contributed by atoms with Crippen LogP contribution in [0.4, 0.5) is 14.4 Å². The van der Waals surface area contributed by atoms with Crippen molar-refractivity contribution < 1.29 is 68.6 Å². The van der Waals surface area contributed by atoms with E-state index in [-0.39, 0.29) is 17.4 Å². The van der Waals surface area contributed by atoms with Crippen molar-refractivity contribution in [1.82, 2.24) is 0 Å². The van der Waals surface area contributed by atoms with E-state index in [0.29, 0.717) is 0 Å². The Morgan fingerprint density at radius 1 is 0.545 bits per heavy atom. The number of carbonyl (C=O) groups excluding carboxylic acids is 3. The van der Waals surface area contributed by atoms with E-state index in [4.69, 9.17) is 43.4 Å². The molecule has 0 unspecified atom stereocenters. The topological polar surface area (TPSA) is 284 Å². The van der Waals surface area contributed by atoms with Crippen LogP contribution >= 0.6 is 0 Å². The number of carbonyl (C=O) groups is 3. The Bertz CT molecular complexity index is 593. The van der Waals surface area contributed by atoms with Crippen LogP contribution in [0.5, 0.6) is 0 Å². The van der Waals surface area contributed by atoms with Gasteiger partial charge in [0.2, 0.25) is 0 Å². The molecule has 0 saturated heterocycles. The molecule has 0 bridgehead atoms. The average Bonchev–Trinajstić information content (AvgIpc) is 2.14. The van der Waals surface area contributed by atoms with Gasteiger partial charge in [-0.1, -0.05) is 0 Å². The van der Waals surface area contributed by atoms with Gasteiger partial charge in [-0.05, 0) is 0 Å². The smallest absolute Gasteiger partial charge is 0.533 e. The van der Waals surface area contributed by atoms with Gasteiger partial charge in [-0.15, -0.1) is 0 Å². The molecule has 126 valence electrons. The minimum absolute atomic E-state index is 0. The number of hydrogen-bond donors (Lipinski definition) is 3. The van der Waals surface area contributed by atoms with Crippen LogP contribution in [-0.4, -0.2) is 72.2 Å². The summed E-state index contributed by atoms with van der Waals surface area (Å²) in [5.41, 5.74) is 0. The van der Waals surface area contributed by atoms with Crippen molar-refractivity contribution in [3.8, 4) is 0 Å². The molecule has 0 radical (unpaired) electrons. The molecule has 3 N–H and O–H groups in total. The molecule has 0 rings (SSSR count). The molecule has 0 amide bonds. The predicted molar refractivity (Wildman–Crippen MR) is 56.6 cm³/mol. The molecular weight excluding hydrogens is 399 g/mol. The Kier molecular flexibility index (Phi) is 13.6. The van der Waals surface area contributed by atoms with Gasteiger partial charge in [0.25, 0.3) is 0 Å². The van der Waals surface area contributed by atoms with Gasteiger partial charge < -0.3 is 29.7 Å². The first kappa shape index (κ1) is 28.8. The minimum Gasteiger partial charge on any atom is -0.533 e. The summed E-state index contributed by atoms with van der Waals surface area (Å²) in [5, 5.41) is 19.8. The summed E-state index contributed by atoms with van der Waals surface area (Å²) >= 11 is 0. The third-order valence-corrected chi connectivity index (χ3v) is 1.90. The van der Waals surface area contributed by atoms with Gasteiger partial charge in [0, 0.05) is 0 Å². The first-order valence-corrected chi connectivity index (χ1v) is 7.71. The van der Waals surface area contributed by atoms with E-state index in [0.717, 1.165) is 0 Å². The van der Waals surface area contributed by atoms with Crippen molar-refractivity contribution in [2.45, 2.75) is 0 Å². The molecule has 0 aliphatic heterocycles. The molecule has 0 fully saturated rings. The van der Waals surface area contributed by atoms with E-state index in [1.54, 1.807) is 0 Å². The Morgan fingerprint density at radius 2 is 0.591 bits per heavy atom. The summed E-state index contributed by atoms with van der Waals surface area (Å²) in [6.45, 7) is 0. The molecule has 0 saturated carbocycles. The zero-order chi connectivity index (χ0) is 18.2. The van der Waals surface area contributed by atoms with E-state index in [1.165, 1.54) is 0 Å². The first-order chi connectivity index (χ1) is 8.83. The molecule has 19 heteroatoms. The Labute approximate surface area is 132 Å². The van der Waals surface area contributed by atoms with Gasteiger partial charge in [-0.3, -0.25) is 13.7 Å². The van der Waals surface area contributed by atoms with Crippen LogP contribution in [0.3, 0.4) is 0 Å². The molecule has 0 aromatic heterocycles. The third-order valence-electron chi connectivity index (χ3n) is 0.632. The largest absolute Gasteiger partial charge is 3.00 e.